The maximum Gasteiger partial charge on any atom is 0.190 e. The van der Waals surface area contributed by atoms with E-state index in [9.17, 15) is 0 Å². The molecule has 10 heavy (non-hydrogen) atoms. The highest BCUT2D eigenvalue weighted by Crippen LogP contribution is 2.14. The third kappa shape index (κ3) is 3.34. The first kappa shape index (κ1) is 10.1. The Kier molecular flexibility index (Phi) is 4.94. The second-order valence-electron chi connectivity index (χ2n) is 2.78. The van der Waals surface area contributed by atoms with Crippen LogP contribution in [0.1, 0.15) is 13.8 Å². The van der Waals surface area contributed by atoms with Crippen molar-refractivity contribution in [1.29, 1.82) is 0 Å². The number of rotatable bonds is 5. The minimum Gasteiger partial charge on any atom is -0.417 e. The van der Waals surface area contributed by atoms with E-state index in [-0.39, 0.29) is 0 Å². The van der Waals surface area contributed by atoms with Crippen LogP contribution in [0.5, 0.6) is 0 Å². The summed E-state index contributed by atoms with van der Waals surface area (Å²) in [6.07, 6.45) is 0. The van der Waals surface area contributed by atoms with Gasteiger partial charge in [-0.1, -0.05) is 6.92 Å². The molecule has 0 aliphatic heterocycles. The zero-order valence-corrected chi connectivity index (χ0v) is 8.31. The molecular weight excluding hydrogens is 142 g/mol. The van der Waals surface area contributed by atoms with Crippen LogP contribution in [0, 0.1) is 0 Å². The average molecular weight is 161 g/mol. The van der Waals surface area contributed by atoms with Crippen molar-refractivity contribution in [2.24, 2.45) is 5.73 Å². The van der Waals surface area contributed by atoms with Crippen molar-refractivity contribution in [3.05, 3.63) is 0 Å². The van der Waals surface area contributed by atoms with E-state index in [0.717, 1.165) is 19.2 Å². The van der Waals surface area contributed by atoms with E-state index in [4.69, 9.17) is 10.2 Å². The Hall–Kier alpha value is 0.137. The molecule has 0 spiro atoms. The number of nitrogens with two attached hydrogens (primary N) is 1. The first-order valence-corrected chi connectivity index (χ1v) is 6.84. The van der Waals surface area contributed by atoms with Crippen molar-refractivity contribution in [3.8, 4) is 0 Å². The third-order valence-corrected chi connectivity index (χ3v) is 5.74. The summed E-state index contributed by atoms with van der Waals surface area (Å²) in [6.45, 7) is 8.12. The summed E-state index contributed by atoms with van der Waals surface area (Å²) in [6, 6.07) is 2.27. The van der Waals surface area contributed by atoms with Crippen molar-refractivity contribution >= 4 is 8.32 Å². The standard InChI is InChI=1S/C7H19NOSi/c1-4-9-10(3,5-2)7-6-8/h4-8H2,1-3H3. The summed E-state index contributed by atoms with van der Waals surface area (Å²) in [5.41, 5.74) is 5.48. The summed E-state index contributed by atoms with van der Waals surface area (Å²) in [5.74, 6) is 0. The molecule has 0 aliphatic carbocycles. The molecule has 1 unspecified atom stereocenters. The highest BCUT2D eigenvalue weighted by Gasteiger charge is 2.24. The highest BCUT2D eigenvalue weighted by atomic mass is 28.4. The Morgan fingerprint density at radius 1 is 1.40 bits per heavy atom. The van der Waals surface area contributed by atoms with Crippen LogP contribution in [0.15, 0.2) is 0 Å². The van der Waals surface area contributed by atoms with Gasteiger partial charge in [0, 0.05) is 6.61 Å². The lowest BCUT2D eigenvalue weighted by Gasteiger charge is -2.24. The fourth-order valence-corrected chi connectivity index (χ4v) is 3.01. The molecule has 0 saturated heterocycles. The van der Waals surface area contributed by atoms with Crippen LogP contribution in [-0.4, -0.2) is 21.5 Å². The zero-order chi connectivity index (χ0) is 8.04. The summed E-state index contributed by atoms with van der Waals surface area (Å²) in [4.78, 5) is 0. The van der Waals surface area contributed by atoms with Crippen molar-refractivity contribution in [2.45, 2.75) is 32.5 Å². The molecule has 0 fully saturated rings. The van der Waals surface area contributed by atoms with Gasteiger partial charge in [0.15, 0.2) is 8.32 Å². The maximum absolute atomic E-state index is 5.68. The number of hydrogen-bond donors (Lipinski definition) is 1. The van der Waals surface area contributed by atoms with Gasteiger partial charge in [0.1, 0.15) is 0 Å². The van der Waals surface area contributed by atoms with Gasteiger partial charge in [0.25, 0.3) is 0 Å². The quantitative estimate of drug-likeness (QED) is 0.621. The van der Waals surface area contributed by atoms with Crippen LogP contribution in [0.3, 0.4) is 0 Å². The molecule has 0 saturated carbocycles. The molecule has 0 rings (SSSR count). The largest absolute Gasteiger partial charge is 0.417 e. The molecule has 0 amide bonds. The SMILES string of the molecule is CCO[Si](C)(CC)CCN. The zero-order valence-electron chi connectivity index (χ0n) is 7.31. The molecule has 0 bridgehead atoms. The Labute approximate surface area is 64.9 Å². The van der Waals surface area contributed by atoms with Crippen LogP contribution in [0.2, 0.25) is 18.6 Å². The number of hydrogen-bond acceptors (Lipinski definition) is 2. The van der Waals surface area contributed by atoms with Gasteiger partial charge in [-0.05, 0) is 32.1 Å². The first-order chi connectivity index (χ1) is 4.68. The summed E-state index contributed by atoms with van der Waals surface area (Å²) < 4.78 is 5.68. The van der Waals surface area contributed by atoms with Gasteiger partial charge in [-0.15, -0.1) is 0 Å². The smallest absolute Gasteiger partial charge is 0.190 e. The van der Waals surface area contributed by atoms with Gasteiger partial charge in [0.05, 0.1) is 0 Å². The Morgan fingerprint density at radius 2 is 2.00 bits per heavy atom. The summed E-state index contributed by atoms with van der Waals surface area (Å²) in [7, 11) is -1.35. The second kappa shape index (κ2) is 4.88. The predicted molar refractivity (Wildman–Crippen MR) is 47.6 cm³/mol. The molecule has 0 radical (unpaired) electrons. The van der Waals surface area contributed by atoms with Crippen LogP contribution in [0.4, 0.5) is 0 Å². The van der Waals surface area contributed by atoms with Gasteiger partial charge >= 0.3 is 0 Å². The Balaban J connectivity index is 3.69. The van der Waals surface area contributed by atoms with E-state index in [1.54, 1.807) is 0 Å². The summed E-state index contributed by atoms with van der Waals surface area (Å²) >= 11 is 0. The molecule has 3 heteroatoms. The molecular formula is C7H19NOSi. The molecule has 0 aromatic carbocycles. The van der Waals surface area contributed by atoms with Crippen molar-refractivity contribution in [3.63, 3.8) is 0 Å². The van der Waals surface area contributed by atoms with Gasteiger partial charge in [-0.25, -0.2) is 0 Å². The van der Waals surface area contributed by atoms with Crippen molar-refractivity contribution < 1.29 is 4.43 Å². The van der Waals surface area contributed by atoms with E-state index < -0.39 is 8.32 Å². The molecule has 0 aromatic heterocycles. The van der Waals surface area contributed by atoms with E-state index in [1.165, 1.54) is 6.04 Å². The molecule has 1 atom stereocenters. The molecule has 2 nitrogen and oxygen atoms in total. The fourth-order valence-electron chi connectivity index (χ4n) is 1.00. The molecule has 0 aliphatic rings. The van der Waals surface area contributed by atoms with Crippen molar-refractivity contribution in [2.75, 3.05) is 13.2 Å². The maximum atomic E-state index is 5.68. The first-order valence-electron chi connectivity index (χ1n) is 4.02. The van der Waals surface area contributed by atoms with Crippen LogP contribution in [-0.2, 0) is 4.43 Å². The topological polar surface area (TPSA) is 35.2 Å². The molecule has 62 valence electrons. The Morgan fingerprint density at radius 3 is 2.30 bits per heavy atom. The lowest BCUT2D eigenvalue weighted by atomic mass is 10.8. The van der Waals surface area contributed by atoms with E-state index in [0.29, 0.717) is 0 Å². The third-order valence-electron chi connectivity index (χ3n) is 1.91. The van der Waals surface area contributed by atoms with Crippen molar-refractivity contribution in [1.82, 2.24) is 0 Å². The van der Waals surface area contributed by atoms with Crippen LogP contribution in [0.25, 0.3) is 0 Å². The van der Waals surface area contributed by atoms with Crippen LogP contribution < -0.4 is 5.73 Å². The minimum atomic E-state index is -1.35. The average Bonchev–Trinajstić information content (AvgIpc) is 1.89. The summed E-state index contributed by atoms with van der Waals surface area (Å²) in [5, 5.41) is 0. The van der Waals surface area contributed by atoms with Gasteiger partial charge in [-0.3, -0.25) is 0 Å². The molecule has 0 aromatic rings. The molecule has 0 heterocycles. The van der Waals surface area contributed by atoms with E-state index in [1.807, 2.05) is 0 Å². The Bertz CT molecular complexity index is 81.7. The van der Waals surface area contributed by atoms with Gasteiger partial charge < -0.3 is 10.2 Å². The lowest BCUT2D eigenvalue weighted by molar-refractivity contribution is 0.325. The second-order valence-corrected chi connectivity index (χ2v) is 7.17. The highest BCUT2D eigenvalue weighted by molar-refractivity contribution is 6.72. The van der Waals surface area contributed by atoms with E-state index >= 15 is 0 Å². The van der Waals surface area contributed by atoms with E-state index in [2.05, 4.69) is 20.4 Å². The van der Waals surface area contributed by atoms with Gasteiger partial charge in [0.2, 0.25) is 0 Å². The van der Waals surface area contributed by atoms with Gasteiger partial charge in [-0.2, -0.15) is 0 Å². The fraction of sp³-hybridized carbons (Fsp3) is 1.00. The van der Waals surface area contributed by atoms with Crippen LogP contribution >= 0.6 is 0 Å². The minimum absolute atomic E-state index is 0.774. The lowest BCUT2D eigenvalue weighted by Crippen LogP contribution is -2.35. The molecule has 2 N–H and O–H groups in total. The predicted octanol–water partition coefficient (Wildman–Crippen LogP) is 1.58. The monoisotopic (exact) mass is 161 g/mol. The normalized spacial score (nSPS) is 16.8.